The highest BCUT2D eigenvalue weighted by Crippen LogP contribution is 2.38. The molecule has 8 nitrogen and oxygen atoms in total. The van der Waals surface area contributed by atoms with Crippen molar-refractivity contribution in [3.8, 4) is 5.75 Å². The van der Waals surface area contributed by atoms with E-state index in [9.17, 15) is 9.82 Å². The number of halogens is 1. The molecule has 6 rings (SSSR count). The third kappa shape index (κ3) is 4.70. The molecule has 3 aliphatic rings. The van der Waals surface area contributed by atoms with E-state index in [-0.39, 0.29) is 17.3 Å². The molecule has 3 aromatic rings. The number of aryl methyl sites for hydroxylation is 1. The van der Waals surface area contributed by atoms with Crippen molar-refractivity contribution >= 4 is 29.2 Å². The fraction of sp³-hybridized carbons (Fsp3) is 0.464. The Morgan fingerprint density at radius 1 is 1.21 bits per heavy atom. The van der Waals surface area contributed by atoms with Gasteiger partial charge in [0.1, 0.15) is 11.6 Å². The molecular weight excluding hydrogens is 486 g/mol. The van der Waals surface area contributed by atoms with Crippen molar-refractivity contribution < 1.29 is 18.8 Å². The van der Waals surface area contributed by atoms with Gasteiger partial charge in [-0.15, -0.1) is 0 Å². The van der Waals surface area contributed by atoms with Gasteiger partial charge in [-0.1, -0.05) is 12.1 Å². The van der Waals surface area contributed by atoms with Crippen LogP contribution in [0.15, 0.2) is 41.3 Å². The molecular formula is C28H34BFN4O4. The van der Waals surface area contributed by atoms with Crippen molar-refractivity contribution in [3.05, 3.63) is 63.7 Å². The topological polar surface area (TPSA) is 93.2 Å². The number of fused-ring (bicyclic) bond motifs is 2. The van der Waals surface area contributed by atoms with Gasteiger partial charge in [-0.05, 0) is 49.9 Å². The maximum atomic E-state index is 15.2. The zero-order chi connectivity index (χ0) is 26.4. The highest BCUT2D eigenvalue weighted by atomic mass is 19.1. The summed E-state index contributed by atoms with van der Waals surface area (Å²) in [5.74, 6) is 0.310. The summed E-state index contributed by atoms with van der Waals surface area (Å²) in [6, 6.07) is 9.38. The predicted octanol–water partition coefficient (Wildman–Crippen LogP) is 2.09. The van der Waals surface area contributed by atoms with E-state index in [1.165, 1.54) is 6.07 Å². The van der Waals surface area contributed by atoms with Gasteiger partial charge in [0.05, 0.1) is 23.9 Å². The number of ether oxygens (including phenoxy) is 1. The molecule has 0 amide bonds. The molecule has 1 aliphatic carbocycles. The molecule has 10 heteroatoms. The quantitative estimate of drug-likeness (QED) is 0.347. The molecule has 2 aromatic carbocycles. The first kappa shape index (κ1) is 25.4. The molecule has 38 heavy (non-hydrogen) atoms. The summed E-state index contributed by atoms with van der Waals surface area (Å²) in [6.07, 6.45) is 4.65. The fourth-order valence-corrected chi connectivity index (χ4v) is 5.79. The number of hydrogen-bond acceptors (Lipinski definition) is 7. The van der Waals surface area contributed by atoms with Crippen LogP contribution in [-0.2, 0) is 4.65 Å². The Morgan fingerprint density at radius 2 is 2.00 bits per heavy atom. The van der Waals surface area contributed by atoms with Crippen LogP contribution in [0.1, 0.15) is 42.5 Å². The van der Waals surface area contributed by atoms with Crippen LogP contribution in [0.2, 0.25) is 0 Å². The number of aromatic nitrogens is 1. The molecule has 1 aromatic heterocycles. The minimum atomic E-state index is -1.01. The second kappa shape index (κ2) is 10.3. The van der Waals surface area contributed by atoms with E-state index in [1.54, 1.807) is 6.92 Å². The lowest BCUT2D eigenvalue weighted by Crippen LogP contribution is -2.47. The molecule has 1 saturated carbocycles. The van der Waals surface area contributed by atoms with Gasteiger partial charge in [0.2, 0.25) is 0 Å². The van der Waals surface area contributed by atoms with Crippen molar-refractivity contribution in [2.45, 2.75) is 38.3 Å². The van der Waals surface area contributed by atoms with Gasteiger partial charge in [0, 0.05) is 67.9 Å². The third-order valence-electron chi connectivity index (χ3n) is 8.01. The van der Waals surface area contributed by atoms with Crippen LogP contribution in [0.5, 0.6) is 5.75 Å². The summed E-state index contributed by atoms with van der Waals surface area (Å²) in [5, 5.41) is 10.7. The molecule has 0 bridgehead atoms. The van der Waals surface area contributed by atoms with Crippen LogP contribution in [0.3, 0.4) is 0 Å². The summed E-state index contributed by atoms with van der Waals surface area (Å²) >= 11 is 0. The average Bonchev–Trinajstić information content (AvgIpc) is 3.72. The SMILES string of the molecule is Cc1cn(C2CC2)c2cc(N3CCN(CCCOc4cccc5c4B(O)OC5CN)CC3)c(F)cc2c1=O. The standard InChI is InChI=1S/C28H34BFN4O4/c1-18-17-34(19-6-7-19)23-15-24(22(30)14-21(23)28(18)35)33-11-9-32(10-12-33)8-3-13-37-25-5-2-4-20-26(16-31)38-29(36)27(20)25/h2,4-5,14-15,17,19,26,36H,3,6-13,16,31H2,1H3. The second-order valence-electron chi connectivity index (χ2n) is 10.6. The number of nitrogens with two attached hydrogens (primary N) is 1. The first-order chi connectivity index (χ1) is 18.4. The Bertz CT molecular complexity index is 1400. The molecule has 2 aliphatic heterocycles. The smallest absolute Gasteiger partial charge is 0.494 e. The van der Waals surface area contributed by atoms with Crippen molar-refractivity contribution in [3.63, 3.8) is 0 Å². The van der Waals surface area contributed by atoms with Gasteiger partial charge in [-0.3, -0.25) is 9.69 Å². The number of pyridine rings is 1. The Balaban J connectivity index is 1.06. The molecule has 1 saturated heterocycles. The summed E-state index contributed by atoms with van der Waals surface area (Å²) in [4.78, 5) is 17.1. The fourth-order valence-electron chi connectivity index (χ4n) is 5.79. The first-order valence-electron chi connectivity index (χ1n) is 13.6. The average molecular weight is 520 g/mol. The maximum absolute atomic E-state index is 15.2. The second-order valence-corrected chi connectivity index (χ2v) is 10.6. The van der Waals surface area contributed by atoms with E-state index in [1.807, 2.05) is 30.5 Å². The molecule has 2 fully saturated rings. The van der Waals surface area contributed by atoms with Crippen LogP contribution in [-0.4, -0.2) is 67.5 Å². The van der Waals surface area contributed by atoms with Gasteiger partial charge < -0.3 is 29.6 Å². The lowest BCUT2D eigenvalue weighted by atomic mass is 9.78. The van der Waals surface area contributed by atoms with Crippen molar-refractivity contribution in [1.29, 1.82) is 0 Å². The Morgan fingerprint density at radius 3 is 2.74 bits per heavy atom. The molecule has 1 unspecified atom stereocenters. The largest absolute Gasteiger partial charge is 0.495 e. The lowest BCUT2D eigenvalue weighted by molar-refractivity contribution is 0.198. The van der Waals surface area contributed by atoms with Gasteiger partial charge in [-0.25, -0.2) is 4.39 Å². The highest BCUT2D eigenvalue weighted by molar-refractivity contribution is 6.62. The summed E-state index contributed by atoms with van der Waals surface area (Å²) < 4.78 is 28.9. The number of anilines is 1. The van der Waals surface area contributed by atoms with E-state index >= 15 is 4.39 Å². The molecule has 200 valence electrons. The van der Waals surface area contributed by atoms with Crippen molar-refractivity contribution in [2.75, 3.05) is 50.8 Å². The Hall–Kier alpha value is -2.92. The molecule has 3 N–H and O–H groups in total. The highest BCUT2D eigenvalue weighted by Gasteiger charge is 2.37. The number of rotatable bonds is 8. The normalized spacial score (nSPS) is 19.8. The van der Waals surface area contributed by atoms with Crippen LogP contribution < -0.4 is 26.3 Å². The van der Waals surface area contributed by atoms with Gasteiger partial charge >= 0.3 is 7.12 Å². The number of hydrogen-bond donors (Lipinski definition) is 2. The summed E-state index contributed by atoms with van der Waals surface area (Å²) in [5.41, 5.74) is 9.31. The Labute approximate surface area is 221 Å². The van der Waals surface area contributed by atoms with Crippen LogP contribution in [0, 0.1) is 12.7 Å². The van der Waals surface area contributed by atoms with E-state index in [0.29, 0.717) is 47.0 Å². The van der Waals surface area contributed by atoms with Crippen LogP contribution in [0.4, 0.5) is 10.1 Å². The monoisotopic (exact) mass is 520 g/mol. The number of benzene rings is 2. The van der Waals surface area contributed by atoms with E-state index in [4.69, 9.17) is 15.1 Å². The van der Waals surface area contributed by atoms with Crippen LogP contribution >= 0.6 is 0 Å². The number of nitrogens with zero attached hydrogens (tertiary/aromatic N) is 3. The number of piperazine rings is 1. The maximum Gasteiger partial charge on any atom is 0.495 e. The third-order valence-corrected chi connectivity index (χ3v) is 8.01. The zero-order valence-electron chi connectivity index (χ0n) is 21.7. The molecule has 0 spiro atoms. The predicted molar refractivity (Wildman–Crippen MR) is 147 cm³/mol. The lowest BCUT2D eigenvalue weighted by Gasteiger charge is -2.36. The van der Waals surface area contributed by atoms with E-state index in [0.717, 1.165) is 63.1 Å². The molecule has 1 atom stereocenters. The molecule has 3 heterocycles. The first-order valence-corrected chi connectivity index (χ1v) is 13.6. The zero-order valence-corrected chi connectivity index (χ0v) is 21.7. The van der Waals surface area contributed by atoms with Crippen LogP contribution in [0.25, 0.3) is 10.9 Å². The van der Waals surface area contributed by atoms with Gasteiger partial charge in [0.15, 0.2) is 5.43 Å². The molecule has 0 radical (unpaired) electrons. The summed E-state index contributed by atoms with van der Waals surface area (Å²) in [6.45, 7) is 6.60. The van der Waals surface area contributed by atoms with E-state index < -0.39 is 7.12 Å². The Kier molecular flexibility index (Phi) is 6.90. The van der Waals surface area contributed by atoms with E-state index in [2.05, 4.69) is 14.4 Å². The van der Waals surface area contributed by atoms with Crippen molar-refractivity contribution in [2.24, 2.45) is 5.73 Å². The van der Waals surface area contributed by atoms with Crippen molar-refractivity contribution in [1.82, 2.24) is 9.47 Å². The summed E-state index contributed by atoms with van der Waals surface area (Å²) in [7, 11) is -1.01. The van der Waals surface area contributed by atoms with Gasteiger partial charge in [0.25, 0.3) is 0 Å². The van der Waals surface area contributed by atoms with Gasteiger partial charge in [-0.2, -0.15) is 0 Å². The minimum absolute atomic E-state index is 0.0870. The minimum Gasteiger partial charge on any atom is -0.494 e.